The normalized spacial score (nSPS) is 32.1. The second kappa shape index (κ2) is 10.3. The molecule has 2 aliphatic carbocycles. The van der Waals surface area contributed by atoms with Crippen molar-refractivity contribution < 1.29 is 20.1 Å². The Bertz CT molecular complexity index is 505. The minimum Gasteiger partial charge on any atom is -0.481 e. The van der Waals surface area contributed by atoms with E-state index in [2.05, 4.69) is 26.8 Å². The quantitative estimate of drug-likeness (QED) is 0.356. The van der Waals surface area contributed by atoms with Crippen LogP contribution in [0.4, 0.5) is 0 Å². The summed E-state index contributed by atoms with van der Waals surface area (Å²) < 4.78 is 0. The first kappa shape index (κ1) is 22.8. The zero-order chi connectivity index (χ0) is 20.0. The summed E-state index contributed by atoms with van der Waals surface area (Å²) >= 11 is 1.50. The Morgan fingerprint density at radius 2 is 2.04 bits per heavy atom. The fourth-order valence-electron chi connectivity index (χ4n) is 4.96. The Morgan fingerprint density at radius 3 is 2.70 bits per heavy atom. The van der Waals surface area contributed by atoms with Gasteiger partial charge >= 0.3 is 5.97 Å². The molecule has 0 heterocycles. The zero-order valence-electron chi connectivity index (χ0n) is 17.1. The first-order chi connectivity index (χ1) is 12.7. The van der Waals surface area contributed by atoms with E-state index >= 15 is 0 Å². The number of unbranched alkanes of at least 4 members (excludes halogenated alkanes) is 1. The summed E-state index contributed by atoms with van der Waals surface area (Å²) in [4.78, 5) is 10.6. The number of carbonyl (C=O) groups is 1. The molecule has 2 fully saturated rings. The van der Waals surface area contributed by atoms with Crippen LogP contribution in [0.5, 0.6) is 0 Å². The van der Waals surface area contributed by atoms with Crippen LogP contribution in [0.25, 0.3) is 0 Å². The molecule has 0 bridgehead atoms. The Labute approximate surface area is 168 Å². The van der Waals surface area contributed by atoms with Gasteiger partial charge in [-0.05, 0) is 61.0 Å². The standard InChI is InChI=1S/C22H38O4S/c1-4-5-9-22(2,3)20(24)7-6-17-18-12-15(8-10-27-14-21(25)26)11-16(18)13-19(17)23/h6-7,15-20,23-24H,4-5,8-14H2,1-3H3,(H,25,26)/t15?,16-,17-,18+,19-,20?/m0/s1. The van der Waals surface area contributed by atoms with E-state index in [1.54, 1.807) is 0 Å². The van der Waals surface area contributed by atoms with Gasteiger partial charge in [-0.1, -0.05) is 45.8 Å². The number of carboxylic acid groups (broad SMARTS) is 1. The maximum atomic E-state index is 10.6. The molecule has 2 rings (SSSR count). The lowest BCUT2D eigenvalue weighted by molar-refractivity contribution is -0.133. The van der Waals surface area contributed by atoms with Crippen LogP contribution in [-0.2, 0) is 4.79 Å². The van der Waals surface area contributed by atoms with Crippen LogP contribution in [0.15, 0.2) is 12.2 Å². The molecule has 0 aromatic heterocycles. The first-order valence-corrected chi connectivity index (χ1v) is 11.7. The van der Waals surface area contributed by atoms with Crippen LogP contribution >= 0.6 is 11.8 Å². The van der Waals surface area contributed by atoms with E-state index < -0.39 is 12.1 Å². The fraction of sp³-hybridized carbons (Fsp3) is 0.864. The van der Waals surface area contributed by atoms with Gasteiger partial charge in [0.15, 0.2) is 0 Å². The number of hydrogen-bond acceptors (Lipinski definition) is 4. The predicted molar refractivity (Wildman–Crippen MR) is 112 cm³/mol. The number of fused-ring (bicyclic) bond motifs is 1. The summed E-state index contributed by atoms with van der Waals surface area (Å²) in [6.07, 6.45) is 10.8. The largest absolute Gasteiger partial charge is 0.481 e. The molecule has 0 aliphatic heterocycles. The maximum Gasteiger partial charge on any atom is 0.313 e. The highest BCUT2D eigenvalue weighted by atomic mass is 32.2. The van der Waals surface area contributed by atoms with Gasteiger partial charge in [0, 0.05) is 5.92 Å². The van der Waals surface area contributed by atoms with Crippen molar-refractivity contribution >= 4 is 17.7 Å². The number of hydrogen-bond donors (Lipinski definition) is 3. The molecular formula is C22H38O4S. The topological polar surface area (TPSA) is 77.8 Å². The summed E-state index contributed by atoms with van der Waals surface area (Å²) in [5, 5.41) is 29.9. The van der Waals surface area contributed by atoms with Gasteiger partial charge < -0.3 is 15.3 Å². The van der Waals surface area contributed by atoms with E-state index in [0.717, 1.165) is 50.7 Å². The van der Waals surface area contributed by atoms with Gasteiger partial charge in [0.1, 0.15) is 0 Å². The smallest absolute Gasteiger partial charge is 0.313 e. The Morgan fingerprint density at radius 1 is 1.30 bits per heavy atom. The lowest BCUT2D eigenvalue weighted by Gasteiger charge is -2.29. The number of aliphatic hydroxyl groups excluding tert-OH is 2. The van der Waals surface area contributed by atoms with Crippen molar-refractivity contribution in [3.63, 3.8) is 0 Å². The second-order valence-electron chi connectivity index (χ2n) is 9.30. The highest BCUT2D eigenvalue weighted by Crippen LogP contribution is 2.51. The molecule has 0 amide bonds. The molecule has 2 unspecified atom stereocenters. The lowest BCUT2D eigenvalue weighted by atomic mass is 9.80. The minimum atomic E-state index is -0.739. The molecule has 2 saturated carbocycles. The number of aliphatic hydroxyl groups is 2. The SMILES string of the molecule is CCCCC(C)(C)C(O)C=C[C@H]1[C@@H]2CC(CCSCC(=O)O)C[C@H]2C[C@@H]1O. The third kappa shape index (κ3) is 6.50. The average Bonchev–Trinajstić information content (AvgIpc) is 3.11. The number of carboxylic acids is 1. The molecule has 156 valence electrons. The number of rotatable bonds is 11. The van der Waals surface area contributed by atoms with Crippen LogP contribution in [0.1, 0.15) is 65.7 Å². The molecule has 0 aromatic carbocycles. The second-order valence-corrected chi connectivity index (χ2v) is 10.4. The molecule has 27 heavy (non-hydrogen) atoms. The molecule has 2 aliphatic rings. The third-order valence-corrected chi connectivity index (χ3v) is 7.69. The zero-order valence-corrected chi connectivity index (χ0v) is 18.0. The van der Waals surface area contributed by atoms with E-state index in [1.165, 1.54) is 11.8 Å². The van der Waals surface area contributed by atoms with Crippen LogP contribution in [0.3, 0.4) is 0 Å². The third-order valence-electron chi connectivity index (χ3n) is 6.72. The van der Waals surface area contributed by atoms with E-state index in [0.29, 0.717) is 17.8 Å². The summed E-state index contributed by atoms with van der Waals surface area (Å²) in [6.45, 7) is 6.40. The summed E-state index contributed by atoms with van der Waals surface area (Å²) in [5.74, 6) is 2.25. The van der Waals surface area contributed by atoms with Crippen molar-refractivity contribution in [2.24, 2.45) is 29.1 Å². The molecule has 5 heteroatoms. The van der Waals surface area contributed by atoms with Crippen molar-refractivity contribution in [3.8, 4) is 0 Å². The van der Waals surface area contributed by atoms with E-state index in [-0.39, 0.29) is 23.2 Å². The molecule has 0 radical (unpaired) electrons. The number of aliphatic carboxylic acids is 1. The van der Waals surface area contributed by atoms with Gasteiger partial charge in [-0.2, -0.15) is 11.8 Å². The van der Waals surface area contributed by atoms with Crippen LogP contribution in [0.2, 0.25) is 0 Å². The molecule has 0 saturated heterocycles. The van der Waals surface area contributed by atoms with Gasteiger partial charge in [-0.3, -0.25) is 4.79 Å². The van der Waals surface area contributed by atoms with Crippen LogP contribution in [0, 0.1) is 29.1 Å². The first-order valence-electron chi connectivity index (χ1n) is 10.6. The predicted octanol–water partition coefficient (Wildman–Crippen LogP) is 4.35. The van der Waals surface area contributed by atoms with Crippen molar-refractivity contribution in [1.82, 2.24) is 0 Å². The Hall–Kier alpha value is -0.520. The van der Waals surface area contributed by atoms with E-state index in [9.17, 15) is 15.0 Å². The van der Waals surface area contributed by atoms with Crippen molar-refractivity contribution in [2.75, 3.05) is 11.5 Å². The molecule has 0 aromatic rings. The van der Waals surface area contributed by atoms with Crippen molar-refractivity contribution in [3.05, 3.63) is 12.2 Å². The minimum absolute atomic E-state index is 0.130. The monoisotopic (exact) mass is 398 g/mol. The molecular weight excluding hydrogens is 360 g/mol. The molecule has 6 atom stereocenters. The summed E-state index contributed by atoms with van der Waals surface area (Å²) in [7, 11) is 0. The van der Waals surface area contributed by atoms with Gasteiger partial charge in [0.05, 0.1) is 18.0 Å². The highest BCUT2D eigenvalue weighted by molar-refractivity contribution is 7.99. The van der Waals surface area contributed by atoms with Crippen LogP contribution < -0.4 is 0 Å². The van der Waals surface area contributed by atoms with Crippen molar-refractivity contribution in [2.45, 2.75) is 77.9 Å². The number of thioether (sulfide) groups is 1. The van der Waals surface area contributed by atoms with Gasteiger partial charge in [0.2, 0.25) is 0 Å². The molecule has 3 N–H and O–H groups in total. The van der Waals surface area contributed by atoms with E-state index in [1.807, 2.05) is 6.08 Å². The Kier molecular flexibility index (Phi) is 8.70. The van der Waals surface area contributed by atoms with Crippen molar-refractivity contribution in [1.29, 1.82) is 0 Å². The highest BCUT2D eigenvalue weighted by Gasteiger charge is 2.46. The summed E-state index contributed by atoms with van der Waals surface area (Å²) in [6, 6.07) is 0. The van der Waals surface area contributed by atoms with Gasteiger partial charge in [0.25, 0.3) is 0 Å². The van der Waals surface area contributed by atoms with E-state index in [4.69, 9.17) is 5.11 Å². The average molecular weight is 399 g/mol. The van der Waals surface area contributed by atoms with Crippen LogP contribution in [-0.4, -0.2) is 45.0 Å². The lowest BCUT2D eigenvalue weighted by Crippen LogP contribution is -2.28. The van der Waals surface area contributed by atoms with Gasteiger partial charge in [-0.15, -0.1) is 0 Å². The fourth-order valence-corrected chi connectivity index (χ4v) is 5.78. The molecule has 4 nitrogen and oxygen atoms in total. The molecule has 0 spiro atoms. The summed E-state index contributed by atoms with van der Waals surface area (Å²) in [5.41, 5.74) is -0.130. The maximum absolute atomic E-state index is 10.6. The Balaban J connectivity index is 1.86. The van der Waals surface area contributed by atoms with Gasteiger partial charge in [-0.25, -0.2) is 0 Å².